The predicted molar refractivity (Wildman–Crippen MR) is 75.6 cm³/mol. The van der Waals surface area contributed by atoms with Gasteiger partial charge in [-0.25, -0.2) is 0 Å². The van der Waals surface area contributed by atoms with E-state index in [4.69, 9.17) is 4.74 Å². The first-order chi connectivity index (χ1) is 8.84. The maximum absolute atomic E-state index is 5.67. The van der Waals surface area contributed by atoms with Crippen LogP contribution in [0.15, 0.2) is 54.6 Å². The summed E-state index contributed by atoms with van der Waals surface area (Å²) in [5, 5.41) is 0. The van der Waals surface area contributed by atoms with Gasteiger partial charge in [-0.3, -0.25) is 0 Å². The van der Waals surface area contributed by atoms with Gasteiger partial charge in [0.25, 0.3) is 0 Å². The number of benzene rings is 2. The molecule has 0 aliphatic rings. The Morgan fingerprint density at radius 3 is 2.28 bits per heavy atom. The topological polar surface area (TPSA) is 9.23 Å². The fourth-order valence-electron chi connectivity index (χ4n) is 1.90. The van der Waals surface area contributed by atoms with Gasteiger partial charge >= 0.3 is 0 Å². The van der Waals surface area contributed by atoms with Crippen molar-refractivity contribution in [2.45, 2.75) is 26.4 Å². The lowest BCUT2D eigenvalue weighted by molar-refractivity contribution is 0.118. The van der Waals surface area contributed by atoms with Crippen LogP contribution in [0, 0.1) is 6.92 Å². The van der Waals surface area contributed by atoms with Crippen molar-refractivity contribution in [3.05, 3.63) is 71.3 Å². The minimum Gasteiger partial charge on any atom is -0.377 e. The second kappa shape index (κ2) is 6.97. The molecule has 0 saturated heterocycles. The van der Waals surface area contributed by atoms with Crippen molar-refractivity contribution in [1.82, 2.24) is 0 Å². The molecule has 1 nitrogen and oxygen atoms in total. The van der Waals surface area contributed by atoms with Gasteiger partial charge in [0.15, 0.2) is 0 Å². The van der Waals surface area contributed by atoms with E-state index in [2.05, 4.69) is 43.3 Å². The Labute approximate surface area is 109 Å². The van der Waals surface area contributed by atoms with E-state index in [1.807, 2.05) is 18.2 Å². The van der Waals surface area contributed by atoms with Crippen LogP contribution in [0.5, 0.6) is 0 Å². The summed E-state index contributed by atoms with van der Waals surface area (Å²) in [6, 6.07) is 19.1. The molecule has 0 N–H and O–H groups in total. The van der Waals surface area contributed by atoms with Gasteiger partial charge in [-0.2, -0.15) is 0 Å². The van der Waals surface area contributed by atoms with Crippen LogP contribution in [0.1, 0.15) is 23.1 Å². The zero-order valence-corrected chi connectivity index (χ0v) is 10.9. The Kier molecular flexibility index (Phi) is 4.98. The second-order valence-corrected chi connectivity index (χ2v) is 4.63. The van der Waals surface area contributed by atoms with E-state index in [0.29, 0.717) is 0 Å². The van der Waals surface area contributed by atoms with Crippen LogP contribution in [0.25, 0.3) is 0 Å². The number of hydrogen-bond donors (Lipinski definition) is 0. The Bertz CT molecular complexity index is 445. The normalized spacial score (nSPS) is 10.5. The monoisotopic (exact) mass is 240 g/mol. The van der Waals surface area contributed by atoms with Gasteiger partial charge in [0.1, 0.15) is 0 Å². The van der Waals surface area contributed by atoms with E-state index in [-0.39, 0.29) is 0 Å². The van der Waals surface area contributed by atoms with Crippen LogP contribution < -0.4 is 0 Å². The van der Waals surface area contributed by atoms with Gasteiger partial charge in [-0.05, 0) is 30.9 Å². The van der Waals surface area contributed by atoms with E-state index in [1.54, 1.807) is 0 Å². The summed E-state index contributed by atoms with van der Waals surface area (Å²) in [4.78, 5) is 0. The van der Waals surface area contributed by atoms with Gasteiger partial charge in [0, 0.05) is 6.61 Å². The zero-order valence-electron chi connectivity index (χ0n) is 10.9. The van der Waals surface area contributed by atoms with E-state index >= 15 is 0 Å². The molecule has 0 saturated carbocycles. The molecule has 0 spiro atoms. The largest absolute Gasteiger partial charge is 0.377 e. The quantitative estimate of drug-likeness (QED) is 0.689. The molecular weight excluding hydrogens is 220 g/mol. The molecule has 2 aromatic rings. The van der Waals surface area contributed by atoms with Crippen LogP contribution in [0.2, 0.25) is 0 Å². The van der Waals surface area contributed by atoms with Crippen LogP contribution in [0.4, 0.5) is 0 Å². The van der Waals surface area contributed by atoms with Gasteiger partial charge in [-0.1, -0.05) is 60.2 Å². The lowest BCUT2D eigenvalue weighted by Gasteiger charge is -2.05. The first kappa shape index (κ1) is 12.8. The average Bonchev–Trinajstić information content (AvgIpc) is 2.42. The molecule has 1 heteroatoms. The molecular formula is C17H20O. The van der Waals surface area contributed by atoms with E-state index in [0.717, 1.165) is 26.1 Å². The summed E-state index contributed by atoms with van der Waals surface area (Å²) in [7, 11) is 0. The Hall–Kier alpha value is -1.60. The van der Waals surface area contributed by atoms with Gasteiger partial charge in [-0.15, -0.1) is 0 Å². The fourth-order valence-corrected chi connectivity index (χ4v) is 1.90. The third-order valence-corrected chi connectivity index (χ3v) is 2.99. The highest BCUT2D eigenvalue weighted by Gasteiger charge is 1.95. The van der Waals surface area contributed by atoms with Gasteiger partial charge < -0.3 is 4.74 Å². The smallest absolute Gasteiger partial charge is 0.0716 e. The number of rotatable bonds is 6. The van der Waals surface area contributed by atoms with Crippen molar-refractivity contribution in [2.24, 2.45) is 0 Å². The summed E-state index contributed by atoms with van der Waals surface area (Å²) in [6.07, 6.45) is 2.17. The average molecular weight is 240 g/mol. The summed E-state index contributed by atoms with van der Waals surface area (Å²) in [5.74, 6) is 0. The maximum Gasteiger partial charge on any atom is 0.0716 e. The lowest BCUT2D eigenvalue weighted by atomic mass is 10.1. The summed E-state index contributed by atoms with van der Waals surface area (Å²) < 4.78 is 5.67. The minimum absolute atomic E-state index is 0.717. The molecule has 0 bridgehead atoms. The van der Waals surface area contributed by atoms with Crippen LogP contribution in [-0.2, 0) is 17.8 Å². The molecule has 0 heterocycles. The highest BCUT2D eigenvalue weighted by Crippen LogP contribution is 2.06. The SMILES string of the molecule is Cc1ccc(CCCOCc2ccccc2)cc1. The molecule has 2 aromatic carbocycles. The molecule has 0 fully saturated rings. The van der Waals surface area contributed by atoms with Crippen molar-refractivity contribution < 1.29 is 4.74 Å². The fraction of sp³-hybridized carbons (Fsp3) is 0.294. The summed E-state index contributed by atoms with van der Waals surface area (Å²) in [6.45, 7) is 3.66. The van der Waals surface area contributed by atoms with Crippen LogP contribution >= 0.6 is 0 Å². The molecule has 0 aromatic heterocycles. The highest BCUT2D eigenvalue weighted by molar-refractivity contribution is 5.21. The third-order valence-electron chi connectivity index (χ3n) is 2.99. The molecule has 2 rings (SSSR count). The van der Waals surface area contributed by atoms with Crippen molar-refractivity contribution in [2.75, 3.05) is 6.61 Å². The molecule has 0 aliphatic carbocycles. The first-order valence-electron chi connectivity index (χ1n) is 6.52. The number of ether oxygens (including phenoxy) is 1. The van der Waals surface area contributed by atoms with Crippen molar-refractivity contribution in [3.8, 4) is 0 Å². The Balaban J connectivity index is 1.63. The van der Waals surface area contributed by atoms with E-state index < -0.39 is 0 Å². The molecule has 0 atom stereocenters. The van der Waals surface area contributed by atoms with Crippen molar-refractivity contribution in [1.29, 1.82) is 0 Å². The summed E-state index contributed by atoms with van der Waals surface area (Å²) in [5.41, 5.74) is 3.95. The van der Waals surface area contributed by atoms with E-state index in [9.17, 15) is 0 Å². The molecule has 0 amide bonds. The Morgan fingerprint density at radius 2 is 1.56 bits per heavy atom. The van der Waals surface area contributed by atoms with Gasteiger partial charge in [0.05, 0.1) is 6.61 Å². The lowest BCUT2D eigenvalue weighted by Crippen LogP contribution is -1.97. The number of hydrogen-bond acceptors (Lipinski definition) is 1. The highest BCUT2D eigenvalue weighted by atomic mass is 16.5. The molecule has 0 radical (unpaired) electrons. The summed E-state index contributed by atoms with van der Waals surface area (Å²) >= 11 is 0. The van der Waals surface area contributed by atoms with Crippen molar-refractivity contribution >= 4 is 0 Å². The predicted octanol–water partition coefficient (Wildman–Crippen LogP) is 4.14. The standard InChI is InChI=1S/C17H20O/c1-15-9-11-16(12-10-15)8-5-13-18-14-17-6-3-2-4-7-17/h2-4,6-7,9-12H,5,8,13-14H2,1H3. The number of aryl methyl sites for hydroxylation is 2. The molecule has 0 aliphatic heterocycles. The second-order valence-electron chi connectivity index (χ2n) is 4.63. The van der Waals surface area contributed by atoms with Crippen molar-refractivity contribution in [3.63, 3.8) is 0 Å². The third kappa shape index (κ3) is 4.34. The maximum atomic E-state index is 5.67. The van der Waals surface area contributed by atoms with Gasteiger partial charge in [0.2, 0.25) is 0 Å². The zero-order chi connectivity index (χ0) is 12.6. The molecule has 0 unspecified atom stereocenters. The Morgan fingerprint density at radius 1 is 0.833 bits per heavy atom. The van der Waals surface area contributed by atoms with E-state index in [1.165, 1.54) is 16.7 Å². The van der Waals surface area contributed by atoms with Crippen LogP contribution in [-0.4, -0.2) is 6.61 Å². The molecule has 94 valence electrons. The van der Waals surface area contributed by atoms with Crippen LogP contribution in [0.3, 0.4) is 0 Å². The first-order valence-corrected chi connectivity index (χ1v) is 6.52. The molecule has 18 heavy (non-hydrogen) atoms. The minimum atomic E-state index is 0.717.